The van der Waals surface area contributed by atoms with E-state index in [1.807, 2.05) is 31.2 Å². The summed E-state index contributed by atoms with van der Waals surface area (Å²) >= 11 is 0. The Kier molecular flexibility index (Phi) is 5.45. The van der Waals surface area contributed by atoms with E-state index in [4.69, 9.17) is 0 Å². The number of phenols is 1. The molecule has 0 atom stereocenters. The summed E-state index contributed by atoms with van der Waals surface area (Å²) < 4.78 is 0. The Morgan fingerprint density at radius 2 is 1.32 bits per heavy atom. The van der Waals surface area contributed by atoms with Crippen molar-refractivity contribution in [2.75, 3.05) is 23.9 Å². The maximum Gasteiger partial charge on any atom is 0.258 e. The predicted molar refractivity (Wildman–Crippen MR) is 111 cm³/mol. The number of nitrogens with zero attached hydrogens (tertiary/aromatic N) is 2. The van der Waals surface area contributed by atoms with E-state index in [0.717, 1.165) is 5.56 Å². The van der Waals surface area contributed by atoms with Crippen LogP contribution < -0.4 is 9.80 Å². The number of aromatic hydroxyl groups is 1. The fourth-order valence-electron chi connectivity index (χ4n) is 2.94. The van der Waals surface area contributed by atoms with E-state index in [2.05, 4.69) is 0 Å². The second kappa shape index (κ2) is 7.96. The highest BCUT2D eigenvalue weighted by molar-refractivity contribution is 6.08. The largest absolute Gasteiger partial charge is 0.506 e. The average molecular weight is 374 g/mol. The fraction of sp³-hybridized carbons (Fsp3) is 0.130. The summed E-state index contributed by atoms with van der Waals surface area (Å²) in [5, 5.41) is 10.1. The number of hydrogen-bond acceptors (Lipinski definition) is 3. The van der Waals surface area contributed by atoms with Crippen LogP contribution in [0, 0.1) is 6.92 Å². The van der Waals surface area contributed by atoms with E-state index in [0.29, 0.717) is 22.5 Å². The van der Waals surface area contributed by atoms with Crippen molar-refractivity contribution in [3.05, 3.63) is 89.5 Å². The third-order valence-electron chi connectivity index (χ3n) is 4.62. The summed E-state index contributed by atoms with van der Waals surface area (Å²) in [5.41, 5.74) is 3.10. The Balaban J connectivity index is 1.78. The van der Waals surface area contributed by atoms with Crippen molar-refractivity contribution >= 4 is 23.2 Å². The molecular formula is C23H22N2O3. The van der Waals surface area contributed by atoms with Crippen molar-refractivity contribution in [1.82, 2.24) is 0 Å². The summed E-state index contributed by atoms with van der Waals surface area (Å²) in [6, 6.07) is 21.0. The SMILES string of the molecule is Cc1ccc(N(C)C(=O)c2ccc(N(C)C(=O)c3ccccc3)cc2)c(O)c1. The number of hydrogen-bond donors (Lipinski definition) is 1. The Morgan fingerprint density at radius 3 is 1.93 bits per heavy atom. The summed E-state index contributed by atoms with van der Waals surface area (Å²) in [5.74, 6) is -0.315. The first-order valence-corrected chi connectivity index (χ1v) is 8.89. The minimum atomic E-state index is -0.247. The van der Waals surface area contributed by atoms with Gasteiger partial charge >= 0.3 is 0 Å². The van der Waals surface area contributed by atoms with Crippen LogP contribution in [0.4, 0.5) is 11.4 Å². The van der Waals surface area contributed by atoms with Gasteiger partial charge in [-0.1, -0.05) is 24.3 Å². The molecule has 0 aliphatic heterocycles. The maximum absolute atomic E-state index is 12.8. The zero-order valence-corrected chi connectivity index (χ0v) is 16.1. The molecule has 3 rings (SSSR count). The molecule has 0 radical (unpaired) electrons. The van der Waals surface area contributed by atoms with Crippen molar-refractivity contribution in [1.29, 1.82) is 0 Å². The summed E-state index contributed by atoms with van der Waals surface area (Å²) in [7, 11) is 3.31. The van der Waals surface area contributed by atoms with Gasteiger partial charge in [0.2, 0.25) is 0 Å². The van der Waals surface area contributed by atoms with Crippen LogP contribution in [0.15, 0.2) is 72.8 Å². The molecule has 0 aliphatic carbocycles. The normalized spacial score (nSPS) is 10.4. The molecule has 142 valence electrons. The lowest BCUT2D eigenvalue weighted by Gasteiger charge is -2.20. The molecule has 0 saturated heterocycles. The van der Waals surface area contributed by atoms with E-state index in [-0.39, 0.29) is 17.6 Å². The average Bonchev–Trinajstić information content (AvgIpc) is 2.72. The van der Waals surface area contributed by atoms with E-state index >= 15 is 0 Å². The number of anilines is 2. The Morgan fingerprint density at radius 1 is 0.750 bits per heavy atom. The third kappa shape index (κ3) is 3.88. The van der Waals surface area contributed by atoms with E-state index in [1.165, 1.54) is 4.90 Å². The van der Waals surface area contributed by atoms with Crippen LogP contribution in [-0.2, 0) is 0 Å². The second-order valence-corrected chi connectivity index (χ2v) is 6.63. The van der Waals surface area contributed by atoms with Gasteiger partial charge in [-0.05, 0) is 61.0 Å². The molecule has 0 spiro atoms. The number of carbonyl (C=O) groups excluding carboxylic acids is 2. The van der Waals surface area contributed by atoms with Crippen molar-refractivity contribution in [2.45, 2.75) is 6.92 Å². The molecule has 0 fully saturated rings. The Bertz CT molecular complexity index is 998. The van der Waals surface area contributed by atoms with Gasteiger partial charge < -0.3 is 14.9 Å². The summed E-state index contributed by atoms with van der Waals surface area (Å²) in [4.78, 5) is 28.2. The van der Waals surface area contributed by atoms with Crippen LogP contribution in [0.1, 0.15) is 26.3 Å². The topological polar surface area (TPSA) is 60.9 Å². The van der Waals surface area contributed by atoms with Crippen LogP contribution >= 0.6 is 0 Å². The molecule has 28 heavy (non-hydrogen) atoms. The van der Waals surface area contributed by atoms with Gasteiger partial charge in [0.1, 0.15) is 5.75 Å². The molecule has 0 aliphatic rings. The number of amides is 2. The minimum absolute atomic E-state index is 0.0562. The van der Waals surface area contributed by atoms with Gasteiger partial charge in [-0.2, -0.15) is 0 Å². The third-order valence-corrected chi connectivity index (χ3v) is 4.62. The molecule has 2 amide bonds. The first-order chi connectivity index (χ1) is 13.4. The molecule has 3 aromatic rings. The highest BCUT2D eigenvalue weighted by atomic mass is 16.3. The number of carbonyl (C=O) groups is 2. The van der Waals surface area contributed by atoms with Crippen molar-refractivity contribution in [3.8, 4) is 5.75 Å². The number of rotatable bonds is 4. The Labute approximate surface area is 164 Å². The highest BCUT2D eigenvalue weighted by Crippen LogP contribution is 2.28. The van der Waals surface area contributed by atoms with Gasteiger partial charge in [0.05, 0.1) is 5.69 Å². The number of aryl methyl sites for hydroxylation is 1. The summed E-state index contributed by atoms with van der Waals surface area (Å²) in [6.07, 6.45) is 0. The van der Waals surface area contributed by atoms with Crippen molar-refractivity contribution in [2.24, 2.45) is 0 Å². The number of benzene rings is 3. The fourth-order valence-corrected chi connectivity index (χ4v) is 2.94. The molecular weight excluding hydrogens is 352 g/mol. The predicted octanol–water partition coefficient (Wildman–Crippen LogP) is 4.25. The molecule has 0 aromatic heterocycles. The lowest BCUT2D eigenvalue weighted by Crippen LogP contribution is -2.27. The van der Waals surface area contributed by atoms with Crippen molar-refractivity contribution in [3.63, 3.8) is 0 Å². The lowest BCUT2D eigenvalue weighted by atomic mass is 10.1. The van der Waals surface area contributed by atoms with Gasteiger partial charge in [-0.15, -0.1) is 0 Å². The molecule has 5 heteroatoms. The van der Waals surface area contributed by atoms with Crippen molar-refractivity contribution < 1.29 is 14.7 Å². The molecule has 0 saturated carbocycles. The number of phenolic OH excluding ortho intramolecular Hbond substituents is 1. The quantitative estimate of drug-likeness (QED) is 0.742. The molecule has 0 heterocycles. The lowest BCUT2D eigenvalue weighted by molar-refractivity contribution is 0.0986. The first-order valence-electron chi connectivity index (χ1n) is 8.89. The van der Waals surface area contributed by atoms with Crippen LogP contribution in [0.3, 0.4) is 0 Å². The van der Waals surface area contributed by atoms with Gasteiger partial charge in [0, 0.05) is 30.9 Å². The second-order valence-electron chi connectivity index (χ2n) is 6.63. The monoisotopic (exact) mass is 374 g/mol. The van der Waals surface area contributed by atoms with E-state index in [1.54, 1.807) is 67.5 Å². The molecule has 3 aromatic carbocycles. The van der Waals surface area contributed by atoms with Crippen LogP contribution in [0.25, 0.3) is 0 Å². The standard InChI is InChI=1S/C23H22N2O3/c1-16-9-14-20(21(26)15-16)25(3)23(28)18-10-12-19(13-11-18)24(2)22(27)17-7-5-4-6-8-17/h4-15,26H,1-3H3. The van der Waals surface area contributed by atoms with Gasteiger partial charge in [-0.25, -0.2) is 0 Å². The smallest absolute Gasteiger partial charge is 0.258 e. The zero-order valence-electron chi connectivity index (χ0n) is 16.1. The Hall–Kier alpha value is -3.60. The van der Waals surface area contributed by atoms with Crippen LogP contribution in [-0.4, -0.2) is 31.0 Å². The van der Waals surface area contributed by atoms with Gasteiger partial charge in [-0.3, -0.25) is 9.59 Å². The van der Waals surface area contributed by atoms with Gasteiger partial charge in [0.15, 0.2) is 0 Å². The first kappa shape index (κ1) is 19.2. The minimum Gasteiger partial charge on any atom is -0.506 e. The van der Waals surface area contributed by atoms with Crippen LogP contribution in [0.5, 0.6) is 5.75 Å². The molecule has 0 unspecified atom stereocenters. The van der Waals surface area contributed by atoms with Gasteiger partial charge in [0.25, 0.3) is 11.8 Å². The highest BCUT2D eigenvalue weighted by Gasteiger charge is 2.18. The molecule has 0 bridgehead atoms. The maximum atomic E-state index is 12.8. The van der Waals surface area contributed by atoms with E-state index in [9.17, 15) is 14.7 Å². The summed E-state index contributed by atoms with van der Waals surface area (Å²) in [6.45, 7) is 1.87. The van der Waals surface area contributed by atoms with Crippen LogP contribution in [0.2, 0.25) is 0 Å². The molecule has 1 N–H and O–H groups in total. The van der Waals surface area contributed by atoms with E-state index < -0.39 is 0 Å². The zero-order chi connectivity index (χ0) is 20.3. The molecule has 5 nitrogen and oxygen atoms in total.